The molecule has 4 aromatic rings. The molecule has 0 spiro atoms. The molecule has 1 atom stereocenters. The first-order chi connectivity index (χ1) is 16.6. The molecular weight excluding hydrogens is 520 g/mol. The Hall–Kier alpha value is -3.33. The average Bonchev–Trinajstić information content (AvgIpc) is 3.03. The summed E-state index contributed by atoms with van der Waals surface area (Å²) in [6.07, 6.45) is -0.0840. The fourth-order valence-electron chi connectivity index (χ4n) is 3.74. The third kappa shape index (κ3) is 4.77. The highest BCUT2D eigenvalue weighted by atomic mass is 35.5. The van der Waals surface area contributed by atoms with E-state index in [4.69, 9.17) is 34.8 Å². The lowest BCUT2D eigenvalue weighted by Crippen LogP contribution is -2.42. The van der Waals surface area contributed by atoms with E-state index in [2.05, 4.69) is 5.32 Å². The molecule has 4 rings (SSSR count). The average molecular weight is 537 g/mol. The van der Waals surface area contributed by atoms with E-state index < -0.39 is 29.3 Å². The van der Waals surface area contributed by atoms with E-state index in [1.165, 1.54) is 21.3 Å². The molecule has 0 aliphatic heterocycles. The molecule has 0 unspecified atom stereocenters. The van der Waals surface area contributed by atoms with Crippen LogP contribution in [0.4, 0.5) is 4.39 Å². The maximum atomic E-state index is 14.0. The number of amides is 1. The number of rotatable bonds is 6. The number of benzene rings is 3. The van der Waals surface area contributed by atoms with Crippen LogP contribution in [0.3, 0.4) is 0 Å². The Bertz CT molecular complexity index is 1510. The second kappa shape index (κ2) is 9.73. The molecule has 0 aliphatic carbocycles. The summed E-state index contributed by atoms with van der Waals surface area (Å²) in [5.74, 6) is -3.09. The number of halogens is 4. The van der Waals surface area contributed by atoms with Gasteiger partial charge in [-0.15, -0.1) is 0 Å². The van der Waals surface area contributed by atoms with Crippen LogP contribution in [0.15, 0.2) is 59.4 Å². The van der Waals surface area contributed by atoms with Crippen LogP contribution in [0.25, 0.3) is 16.7 Å². The summed E-state index contributed by atoms with van der Waals surface area (Å²) in [4.78, 5) is 37.1. The predicted octanol–water partition coefficient (Wildman–Crippen LogP) is 4.85. The van der Waals surface area contributed by atoms with Crippen LogP contribution < -0.4 is 11.0 Å². The summed E-state index contributed by atoms with van der Waals surface area (Å²) in [5.41, 5.74) is 1.49. The number of carbonyl (C=O) groups is 2. The van der Waals surface area contributed by atoms with Crippen LogP contribution in [0.5, 0.6) is 0 Å². The number of carboxylic acids is 1. The zero-order chi connectivity index (χ0) is 25.4. The molecule has 7 nitrogen and oxygen atoms in total. The Kier molecular flexibility index (Phi) is 6.89. The molecule has 180 valence electrons. The number of carboxylic acid groups (broad SMARTS) is 1. The van der Waals surface area contributed by atoms with Gasteiger partial charge in [0.05, 0.1) is 37.4 Å². The standard InChI is InChI=1S/C24H17Cl3FN3O4/c1-30-19-10-15(26)16(27)11-20(19)31(24(30)35)13-7-5-12(6-8-13)9-18(23(33)34)29-22(32)21-14(25)3-2-4-17(21)28/h2-8,10-11,18H,9H2,1H3,(H,29,32)(H,33,34)/t18-/m0/s1. The minimum atomic E-state index is -1.34. The summed E-state index contributed by atoms with van der Waals surface area (Å²) in [7, 11) is 1.61. The van der Waals surface area contributed by atoms with Crippen molar-refractivity contribution < 1.29 is 19.1 Å². The summed E-state index contributed by atoms with van der Waals surface area (Å²) >= 11 is 18.1. The number of nitrogens with one attached hydrogen (secondary N) is 1. The Morgan fingerprint density at radius 3 is 2.23 bits per heavy atom. The Balaban J connectivity index is 1.61. The smallest absolute Gasteiger partial charge is 0.333 e. The highest BCUT2D eigenvalue weighted by Gasteiger charge is 2.24. The van der Waals surface area contributed by atoms with Gasteiger partial charge < -0.3 is 10.4 Å². The summed E-state index contributed by atoms with van der Waals surface area (Å²) < 4.78 is 16.9. The van der Waals surface area contributed by atoms with E-state index in [-0.39, 0.29) is 17.1 Å². The van der Waals surface area contributed by atoms with Crippen molar-refractivity contribution in [2.24, 2.45) is 7.05 Å². The van der Waals surface area contributed by atoms with Crippen LogP contribution in [-0.4, -0.2) is 32.2 Å². The molecule has 0 radical (unpaired) electrons. The van der Waals surface area contributed by atoms with Gasteiger partial charge in [-0.2, -0.15) is 0 Å². The van der Waals surface area contributed by atoms with Gasteiger partial charge >= 0.3 is 11.7 Å². The Morgan fingerprint density at radius 1 is 1.00 bits per heavy atom. The fourth-order valence-corrected chi connectivity index (χ4v) is 4.31. The Morgan fingerprint density at radius 2 is 1.63 bits per heavy atom. The number of carbonyl (C=O) groups excluding carboxylic acids is 1. The quantitative estimate of drug-likeness (QED) is 0.368. The largest absolute Gasteiger partial charge is 0.480 e. The topological polar surface area (TPSA) is 93.3 Å². The second-order valence-electron chi connectivity index (χ2n) is 7.76. The van der Waals surface area contributed by atoms with E-state index in [0.717, 1.165) is 6.07 Å². The molecule has 0 fully saturated rings. The first kappa shape index (κ1) is 24.8. The van der Waals surface area contributed by atoms with Gasteiger partial charge in [0.25, 0.3) is 5.91 Å². The minimum absolute atomic E-state index is 0.0840. The number of hydrogen-bond acceptors (Lipinski definition) is 3. The van der Waals surface area contributed by atoms with Gasteiger partial charge in [-0.25, -0.2) is 14.0 Å². The first-order valence-corrected chi connectivity index (χ1v) is 11.4. The van der Waals surface area contributed by atoms with Gasteiger partial charge in [0.2, 0.25) is 0 Å². The molecule has 0 aliphatic rings. The summed E-state index contributed by atoms with van der Waals surface area (Å²) in [6, 6.07) is 12.2. The Labute approximate surface area is 213 Å². The monoisotopic (exact) mass is 535 g/mol. The van der Waals surface area contributed by atoms with Crippen molar-refractivity contribution in [3.63, 3.8) is 0 Å². The van der Waals surface area contributed by atoms with Crippen molar-refractivity contribution in [1.29, 1.82) is 0 Å². The van der Waals surface area contributed by atoms with Crippen molar-refractivity contribution in [3.8, 4) is 5.69 Å². The van der Waals surface area contributed by atoms with E-state index in [1.54, 1.807) is 43.4 Å². The maximum absolute atomic E-state index is 14.0. The van der Waals surface area contributed by atoms with Gasteiger partial charge in [0.15, 0.2) is 0 Å². The first-order valence-electron chi connectivity index (χ1n) is 10.2. The third-order valence-electron chi connectivity index (χ3n) is 5.53. The highest BCUT2D eigenvalue weighted by molar-refractivity contribution is 6.42. The second-order valence-corrected chi connectivity index (χ2v) is 8.99. The molecule has 0 saturated carbocycles. The molecule has 11 heteroatoms. The molecule has 0 bridgehead atoms. The van der Waals surface area contributed by atoms with Crippen LogP contribution in [0, 0.1) is 5.82 Å². The van der Waals surface area contributed by atoms with Crippen molar-refractivity contribution in [2.75, 3.05) is 0 Å². The highest BCUT2D eigenvalue weighted by Crippen LogP contribution is 2.28. The van der Waals surface area contributed by atoms with Crippen LogP contribution in [-0.2, 0) is 18.3 Å². The molecule has 1 aromatic heterocycles. The summed E-state index contributed by atoms with van der Waals surface area (Å²) in [6.45, 7) is 0. The van der Waals surface area contributed by atoms with Gasteiger partial charge in [0, 0.05) is 13.5 Å². The van der Waals surface area contributed by atoms with E-state index in [1.807, 2.05) is 0 Å². The van der Waals surface area contributed by atoms with Crippen LogP contribution >= 0.6 is 34.8 Å². The van der Waals surface area contributed by atoms with Gasteiger partial charge in [0.1, 0.15) is 11.9 Å². The van der Waals surface area contributed by atoms with Gasteiger partial charge in [-0.3, -0.25) is 13.9 Å². The maximum Gasteiger partial charge on any atom is 0.333 e. The van der Waals surface area contributed by atoms with Crippen molar-refractivity contribution in [1.82, 2.24) is 14.5 Å². The number of hydrogen-bond donors (Lipinski definition) is 2. The van der Waals surface area contributed by atoms with Gasteiger partial charge in [-0.1, -0.05) is 53.0 Å². The number of aryl methyl sites for hydroxylation is 1. The van der Waals surface area contributed by atoms with Crippen molar-refractivity contribution in [3.05, 3.63) is 97.1 Å². The lowest BCUT2D eigenvalue weighted by atomic mass is 10.0. The van der Waals surface area contributed by atoms with E-state index in [0.29, 0.717) is 32.3 Å². The molecule has 1 amide bonds. The van der Waals surface area contributed by atoms with Crippen molar-refractivity contribution >= 4 is 57.7 Å². The lowest BCUT2D eigenvalue weighted by molar-refractivity contribution is -0.139. The van der Waals surface area contributed by atoms with E-state index in [9.17, 15) is 23.9 Å². The van der Waals surface area contributed by atoms with Crippen LogP contribution in [0.2, 0.25) is 15.1 Å². The SMILES string of the molecule is Cn1c(=O)n(-c2ccc(C[C@H](NC(=O)c3c(F)cccc3Cl)C(=O)O)cc2)c2cc(Cl)c(Cl)cc21. The van der Waals surface area contributed by atoms with Gasteiger partial charge in [-0.05, 0) is 42.0 Å². The number of aromatic nitrogens is 2. The number of imidazole rings is 1. The third-order valence-corrected chi connectivity index (χ3v) is 6.56. The molecule has 35 heavy (non-hydrogen) atoms. The fraction of sp³-hybridized carbons (Fsp3) is 0.125. The minimum Gasteiger partial charge on any atom is -0.480 e. The van der Waals surface area contributed by atoms with E-state index >= 15 is 0 Å². The summed E-state index contributed by atoms with van der Waals surface area (Å²) in [5, 5.41) is 12.4. The number of fused-ring (bicyclic) bond motifs is 1. The zero-order valence-electron chi connectivity index (χ0n) is 18.1. The molecular formula is C24H17Cl3FN3O4. The van der Waals surface area contributed by atoms with Crippen LogP contribution in [0.1, 0.15) is 15.9 Å². The molecule has 3 aromatic carbocycles. The molecule has 1 heterocycles. The van der Waals surface area contributed by atoms with Crippen molar-refractivity contribution in [2.45, 2.75) is 12.5 Å². The normalized spacial score (nSPS) is 12.0. The number of nitrogens with zero attached hydrogens (tertiary/aromatic N) is 2. The number of aliphatic carboxylic acids is 1. The lowest BCUT2D eigenvalue weighted by Gasteiger charge is -2.16. The molecule has 2 N–H and O–H groups in total. The molecule has 0 saturated heterocycles. The zero-order valence-corrected chi connectivity index (χ0v) is 20.3. The predicted molar refractivity (Wildman–Crippen MR) is 133 cm³/mol.